The summed E-state index contributed by atoms with van der Waals surface area (Å²) < 4.78 is 39.5. The van der Waals surface area contributed by atoms with E-state index in [-0.39, 0.29) is 34.8 Å². The minimum atomic E-state index is -3.81. The van der Waals surface area contributed by atoms with E-state index in [1.54, 1.807) is 0 Å². The van der Waals surface area contributed by atoms with Crippen molar-refractivity contribution in [2.24, 2.45) is 11.5 Å². The molecule has 0 saturated heterocycles. The van der Waals surface area contributed by atoms with Crippen LogP contribution in [-0.2, 0) is 14.8 Å². The molecular weight excluding hydrogens is 305 g/mol. The van der Waals surface area contributed by atoms with Crippen LogP contribution in [0.2, 0.25) is 0 Å². The summed E-state index contributed by atoms with van der Waals surface area (Å²) in [7, 11) is -3.81. The zero-order valence-electron chi connectivity index (χ0n) is 10.4. The van der Waals surface area contributed by atoms with E-state index in [1.165, 1.54) is 0 Å². The first-order valence-corrected chi connectivity index (χ1v) is 7.50. The average Bonchev–Trinajstić information content (AvgIpc) is 2.34. The average molecular weight is 319 g/mol. The van der Waals surface area contributed by atoms with Gasteiger partial charge in [-0.05, 0) is 24.6 Å². The van der Waals surface area contributed by atoms with Gasteiger partial charge in [0, 0.05) is 18.5 Å². The molecule has 1 rings (SSSR count). The monoisotopic (exact) mass is 319 g/mol. The highest BCUT2D eigenvalue weighted by Gasteiger charge is 2.16. The van der Waals surface area contributed by atoms with Crippen molar-refractivity contribution < 1.29 is 17.6 Å². The molecule has 6 nitrogen and oxygen atoms in total. The molecule has 5 N–H and O–H groups in total. The Kier molecular flexibility index (Phi) is 5.54. The Hall–Kier alpha value is -1.58. The van der Waals surface area contributed by atoms with Crippen LogP contribution in [-0.4, -0.2) is 25.9 Å². The number of hydrogen-bond acceptors (Lipinski definition) is 4. The van der Waals surface area contributed by atoms with Crippen molar-refractivity contribution in [1.29, 1.82) is 0 Å². The van der Waals surface area contributed by atoms with Gasteiger partial charge in [-0.1, -0.05) is 12.2 Å². The molecule has 0 atom stereocenters. The van der Waals surface area contributed by atoms with Crippen molar-refractivity contribution in [1.82, 2.24) is 4.72 Å². The van der Waals surface area contributed by atoms with Gasteiger partial charge < -0.3 is 11.5 Å². The van der Waals surface area contributed by atoms with E-state index < -0.39 is 21.7 Å². The van der Waals surface area contributed by atoms with Gasteiger partial charge in [0.15, 0.2) is 0 Å². The number of nitrogens with two attached hydrogens (primary N) is 2. The summed E-state index contributed by atoms with van der Waals surface area (Å²) in [4.78, 5) is 10.1. The van der Waals surface area contributed by atoms with Crippen molar-refractivity contribution >= 4 is 33.1 Å². The molecule has 110 valence electrons. The minimum Gasteiger partial charge on any atom is -0.389 e. The van der Waals surface area contributed by atoms with E-state index in [4.69, 9.17) is 11.5 Å². The summed E-state index contributed by atoms with van der Waals surface area (Å²) >= 11 is 4.64. The van der Waals surface area contributed by atoms with E-state index in [0.29, 0.717) is 0 Å². The third-order valence-electron chi connectivity index (χ3n) is 2.41. The number of thiocarbonyl (C=S) groups is 1. The maximum absolute atomic E-state index is 13.4. The predicted molar refractivity (Wildman–Crippen MR) is 75.9 cm³/mol. The normalized spacial score (nSPS) is 11.2. The van der Waals surface area contributed by atoms with E-state index in [9.17, 15) is 17.6 Å². The van der Waals surface area contributed by atoms with Gasteiger partial charge in [0.1, 0.15) is 10.8 Å². The first kappa shape index (κ1) is 16.5. The van der Waals surface area contributed by atoms with Gasteiger partial charge in [0.25, 0.3) is 0 Å². The summed E-state index contributed by atoms with van der Waals surface area (Å²) in [6.07, 6.45) is 0.349. The van der Waals surface area contributed by atoms with Crippen molar-refractivity contribution in [2.45, 2.75) is 17.7 Å². The molecule has 1 amide bonds. The lowest BCUT2D eigenvalue weighted by molar-refractivity contribution is -0.118. The Labute approximate surface area is 121 Å². The number of amides is 1. The van der Waals surface area contributed by atoms with Crippen LogP contribution in [0.15, 0.2) is 23.1 Å². The molecule has 0 saturated carbocycles. The molecule has 9 heteroatoms. The SMILES string of the molecule is NC(=O)CCCNS(=O)(=O)c1ccc(F)c(C(N)=S)c1. The van der Waals surface area contributed by atoms with E-state index in [2.05, 4.69) is 16.9 Å². The van der Waals surface area contributed by atoms with Crippen molar-refractivity contribution in [3.8, 4) is 0 Å². The first-order chi connectivity index (χ1) is 9.24. The number of halogens is 1. The second-order valence-electron chi connectivity index (χ2n) is 3.97. The largest absolute Gasteiger partial charge is 0.389 e. The topological polar surface area (TPSA) is 115 Å². The third kappa shape index (κ3) is 4.51. The molecule has 0 aromatic heterocycles. The Balaban J connectivity index is 2.85. The van der Waals surface area contributed by atoms with Crippen LogP contribution in [0.1, 0.15) is 18.4 Å². The van der Waals surface area contributed by atoms with Gasteiger partial charge in [-0.3, -0.25) is 4.79 Å². The number of nitrogens with one attached hydrogen (secondary N) is 1. The molecule has 0 heterocycles. The maximum atomic E-state index is 13.4. The number of primary amides is 1. The molecule has 0 fully saturated rings. The number of rotatable bonds is 7. The fourth-order valence-electron chi connectivity index (χ4n) is 1.41. The molecule has 0 aliphatic heterocycles. The van der Waals surface area contributed by atoms with Crippen LogP contribution in [0.5, 0.6) is 0 Å². The lowest BCUT2D eigenvalue weighted by atomic mass is 10.2. The molecule has 20 heavy (non-hydrogen) atoms. The third-order valence-corrected chi connectivity index (χ3v) is 4.08. The minimum absolute atomic E-state index is 0.0467. The molecule has 1 aromatic carbocycles. The summed E-state index contributed by atoms with van der Waals surface area (Å²) in [5.41, 5.74) is 10.1. The van der Waals surface area contributed by atoms with Crippen LogP contribution >= 0.6 is 12.2 Å². The summed E-state index contributed by atoms with van der Waals surface area (Å²) in [6.45, 7) is 0.0467. The maximum Gasteiger partial charge on any atom is 0.240 e. The summed E-state index contributed by atoms with van der Waals surface area (Å²) in [5.74, 6) is -1.20. The Morgan fingerprint density at radius 2 is 2.00 bits per heavy atom. The molecule has 0 unspecified atom stereocenters. The van der Waals surface area contributed by atoms with Gasteiger partial charge in [-0.2, -0.15) is 0 Å². The van der Waals surface area contributed by atoms with Gasteiger partial charge >= 0.3 is 0 Å². The highest BCUT2D eigenvalue weighted by Crippen LogP contribution is 2.15. The quantitative estimate of drug-likeness (QED) is 0.483. The molecule has 0 bridgehead atoms. The Morgan fingerprint density at radius 1 is 1.35 bits per heavy atom. The van der Waals surface area contributed by atoms with E-state index in [0.717, 1.165) is 18.2 Å². The van der Waals surface area contributed by atoms with Crippen LogP contribution in [0, 0.1) is 5.82 Å². The van der Waals surface area contributed by atoms with Gasteiger partial charge in [-0.15, -0.1) is 0 Å². The van der Waals surface area contributed by atoms with Crippen molar-refractivity contribution in [2.75, 3.05) is 6.54 Å². The number of sulfonamides is 1. The van der Waals surface area contributed by atoms with Crippen LogP contribution < -0.4 is 16.2 Å². The van der Waals surface area contributed by atoms with Crippen molar-refractivity contribution in [3.63, 3.8) is 0 Å². The smallest absolute Gasteiger partial charge is 0.240 e. The first-order valence-electron chi connectivity index (χ1n) is 5.61. The molecule has 0 radical (unpaired) electrons. The Bertz CT molecular complexity index is 632. The molecular formula is C11H14FN3O3S2. The summed E-state index contributed by atoms with van der Waals surface area (Å²) in [6, 6.07) is 3.15. The van der Waals surface area contributed by atoms with Crippen LogP contribution in [0.3, 0.4) is 0 Å². The highest BCUT2D eigenvalue weighted by molar-refractivity contribution is 7.89. The fraction of sp³-hybridized carbons (Fsp3) is 0.273. The van der Waals surface area contributed by atoms with Gasteiger partial charge in [-0.25, -0.2) is 17.5 Å². The predicted octanol–water partition coefficient (Wildman–Crippen LogP) is 0.00370. The molecule has 1 aromatic rings. The van der Waals surface area contributed by atoms with Crippen LogP contribution in [0.4, 0.5) is 4.39 Å². The van der Waals surface area contributed by atoms with Crippen LogP contribution in [0.25, 0.3) is 0 Å². The van der Waals surface area contributed by atoms with Crippen molar-refractivity contribution in [3.05, 3.63) is 29.6 Å². The summed E-state index contributed by atoms with van der Waals surface area (Å²) in [5, 5.41) is 0. The molecule has 0 aliphatic carbocycles. The second kappa shape index (κ2) is 6.73. The Morgan fingerprint density at radius 3 is 2.55 bits per heavy atom. The van der Waals surface area contributed by atoms with E-state index in [1.807, 2.05) is 0 Å². The standard InChI is InChI=1S/C11H14FN3O3S2/c12-9-4-3-7(6-8(9)11(14)19)20(17,18)15-5-1-2-10(13)16/h3-4,6,15H,1-2,5H2,(H2,13,16)(H2,14,19). The molecule has 0 aliphatic rings. The van der Waals surface area contributed by atoms with E-state index >= 15 is 0 Å². The van der Waals surface area contributed by atoms with Gasteiger partial charge in [0.2, 0.25) is 15.9 Å². The highest BCUT2D eigenvalue weighted by atomic mass is 32.2. The number of benzene rings is 1. The lowest BCUT2D eigenvalue weighted by Gasteiger charge is -2.08. The zero-order valence-corrected chi connectivity index (χ0v) is 12.1. The number of carbonyl (C=O) groups excluding carboxylic acids is 1. The zero-order chi connectivity index (χ0) is 15.3. The molecule has 0 spiro atoms. The van der Waals surface area contributed by atoms with Gasteiger partial charge in [0.05, 0.1) is 4.90 Å². The fourth-order valence-corrected chi connectivity index (χ4v) is 2.67. The second-order valence-corrected chi connectivity index (χ2v) is 6.18. The number of carbonyl (C=O) groups is 1. The number of hydrogen-bond donors (Lipinski definition) is 3. The lowest BCUT2D eigenvalue weighted by Crippen LogP contribution is -2.26.